The van der Waals surface area contributed by atoms with Gasteiger partial charge in [0.1, 0.15) is 6.10 Å². The summed E-state index contributed by atoms with van der Waals surface area (Å²) in [6.45, 7) is 3.33. The lowest BCUT2D eigenvalue weighted by Crippen LogP contribution is -2.15. The molecule has 1 atom stereocenters. The van der Waals surface area contributed by atoms with E-state index in [1.54, 1.807) is 0 Å². The van der Waals surface area contributed by atoms with E-state index in [1.807, 2.05) is 0 Å². The molecule has 0 aliphatic carbocycles. The molecule has 0 amide bonds. The van der Waals surface area contributed by atoms with E-state index < -0.39 is 52.7 Å². The van der Waals surface area contributed by atoms with Crippen molar-refractivity contribution < 1.29 is 41.0 Å². The third kappa shape index (κ3) is 6.76. The average molecular weight is 410 g/mol. The zero-order valence-electron chi connectivity index (χ0n) is 15.8. The van der Waals surface area contributed by atoms with Crippen molar-refractivity contribution in [3.63, 3.8) is 0 Å². The number of carbonyl (C=O) groups excluding carboxylic acids is 2. The molecule has 0 radical (unpaired) electrons. The van der Waals surface area contributed by atoms with Crippen LogP contribution in [0.1, 0.15) is 70.5 Å². The minimum absolute atomic E-state index is 0.0558. The third-order valence-electron chi connectivity index (χ3n) is 3.98. The van der Waals surface area contributed by atoms with Crippen LogP contribution >= 0.6 is 0 Å². The highest BCUT2D eigenvalue weighted by Gasteiger charge is 2.30. The first-order chi connectivity index (χ1) is 13.2. The lowest BCUT2D eigenvalue weighted by molar-refractivity contribution is -0.149. The van der Waals surface area contributed by atoms with Gasteiger partial charge in [0, 0.05) is 12.8 Å². The molecule has 0 spiro atoms. The van der Waals surface area contributed by atoms with Gasteiger partial charge < -0.3 is 9.47 Å². The molecular weight excluding hydrogens is 387 g/mol. The molecule has 9 heteroatoms. The molecule has 0 heterocycles. The number of unbranched alkanes of at least 4 members (excludes halogenated alkanes) is 3. The maximum absolute atomic E-state index is 13.7. The van der Waals surface area contributed by atoms with Crippen molar-refractivity contribution in [3.8, 4) is 0 Å². The molecule has 0 aliphatic heterocycles. The first-order valence-electron chi connectivity index (χ1n) is 9.07. The van der Waals surface area contributed by atoms with Crippen LogP contribution in [0, 0.1) is 29.1 Å². The van der Waals surface area contributed by atoms with Crippen LogP contribution in [0.15, 0.2) is 0 Å². The van der Waals surface area contributed by atoms with Crippen molar-refractivity contribution in [3.05, 3.63) is 34.6 Å². The standard InChI is InChI=1S/C19H23F5O4/c1-3-4-5-6-10-27-12(25)8-7-9-13(26)28-11(2)14-15(20)17(22)19(24)18(23)16(14)21/h11H,3-10H2,1-2H3. The summed E-state index contributed by atoms with van der Waals surface area (Å²) in [5.74, 6) is -12.0. The zero-order chi connectivity index (χ0) is 21.3. The first-order valence-corrected chi connectivity index (χ1v) is 9.07. The quantitative estimate of drug-likeness (QED) is 0.164. The average Bonchev–Trinajstić information content (AvgIpc) is 2.64. The normalized spacial score (nSPS) is 12.0. The molecule has 1 aromatic carbocycles. The number of rotatable bonds is 11. The number of halogens is 5. The van der Waals surface area contributed by atoms with Crippen LogP contribution in [0.5, 0.6) is 0 Å². The lowest BCUT2D eigenvalue weighted by Gasteiger charge is -2.16. The summed E-state index contributed by atoms with van der Waals surface area (Å²) in [7, 11) is 0. The van der Waals surface area contributed by atoms with Gasteiger partial charge in [-0.15, -0.1) is 0 Å². The summed E-state index contributed by atoms with van der Waals surface area (Å²) < 4.78 is 76.5. The Morgan fingerprint density at radius 1 is 0.786 bits per heavy atom. The molecule has 158 valence electrons. The van der Waals surface area contributed by atoms with Crippen molar-refractivity contribution in [1.29, 1.82) is 0 Å². The second-order valence-corrected chi connectivity index (χ2v) is 6.25. The second-order valence-electron chi connectivity index (χ2n) is 6.25. The Balaban J connectivity index is 2.47. The Morgan fingerprint density at radius 3 is 1.89 bits per heavy atom. The first kappa shape index (κ1) is 23.8. The zero-order valence-corrected chi connectivity index (χ0v) is 15.8. The summed E-state index contributed by atoms with van der Waals surface area (Å²) in [5, 5.41) is 0. The number of hydrogen-bond donors (Lipinski definition) is 0. The minimum Gasteiger partial charge on any atom is -0.466 e. The maximum atomic E-state index is 13.7. The minimum atomic E-state index is -2.29. The number of esters is 2. The maximum Gasteiger partial charge on any atom is 0.306 e. The van der Waals surface area contributed by atoms with Crippen LogP contribution < -0.4 is 0 Å². The second kappa shape index (κ2) is 11.6. The molecule has 1 aromatic rings. The SMILES string of the molecule is CCCCCCOC(=O)CCCC(=O)OC(C)c1c(F)c(F)c(F)c(F)c1F. The largest absolute Gasteiger partial charge is 0.466 e. The number of carbonyl (C=O) groups is 2. The van der Waals surface area contributed by atoms with E-state index in [4.69, 9.17) is 9.47 Å². The summed E-state index contributed by atoms with van der Waals surface area (Å²) in [6, 6.07) is 0. The summed E-state index contributed by atoms with van der Waals surface area (Å²) >= 11 is 0. The Hall–Kier alpha value is -2.19. The van der Waals surface area contributed by atoms with E-state index in [0.29, 0.717) is 6.61 Å². The van der Waals surface area contributed by atoms with Gasteiger partial charge in [0.05, 0.1) is 12.2 Å². The third-order valence-corrected chi connectivity index (χ3v) is 3.98. The highest BCUT2D eigenvalue weighted by atomic mass is 19.2. The molecule has 1 rings (SSSR count). The van der Waals surface area contributed by atoms with Crippen LogP contribution in [-0.4, -0.2) is 18.5 Å². The van der Waals surface area contributed by atoms with Gasteiger partial charge in [-0.1, -0.05) is 26.2 Å². The number of benzene rings is 1. The molecule has 4 nitrogen and oxygen atoms in total. The molecule has 28 heavy (non-hydrogen) atoms. The monoisotopic (exact) mass is 410 g/mol. The van der Waals surface area contributed by atoms with E-state index in [-0.39, 0.29) is 19.3 Å². The van der Waals surface area contributed by atoms with Gasteiger partial charge >= 0.3 is 11.9 Å². The van der Waals surface area contributed by atoms with E-state index in [1.165, 1.54) is 0 Å². The molecule has 0 N–H and O–H groups in total. The van der Waals surface area contributed by atoms with Crippen LogP contribution in [0.3, 0.4) is 0 Å². The van der Waals surface area contributed by atoms with Gasteiger partial charge in [-0.2, -0.15) is 0 Å². The molecule has 1 unspecified atom stereocenters. The van der Waals surface area contributed by atoms with Crippen LogP contribution in [0.25, 0.3) is 0 Å². The summed E-state index contributed by atoms with van der Waals surface area (Å²) in [4.78, 5) is 23.2. The van der Waals surface area contributed by atoms with Gasteiger partial charge in [-0.05, 0) is 19.8 Å². The Bertz CT molecular complexity index is 664. The fourth-order valence-corrected chi connectivity index (χ4v) is 2.46. The van der Waals surface area contributed by atoms with Crippen molar-refractivity contribution in [1.82, 2.24) is 0 Å². The van der Waals surface area contributed by atoms with Crippen LogP contribution in [-0.2, 0) is 19.1 Å². The van der Waals surface area contributed by atoms with Crippen molar-refractivity contribution in [2.45, 2.75) is 64.9 Å². The molecule has 0 fully saturated rings. The van der Waals surface area contributed by atoms with Gasteiger partial charge in [0.25, 0.3) is 0 Å². The fraction of sp³-hybridized carbons (Fsp3) is 0.579. The van der Waals surface area contributed by atoms with Gasteiger partial charge in [-0.3, -0.25) is 9.59 Å². The van der Waals surface area contributed by atoms with Crippen molar-refractivity contribution >= 4 is 11.9 Å². The summed E-state index contributed by atoms with van der Waals surface area (Å²) in [6.07, 6.45) is 1.85. The molecule has 0 aliphatic rings. The topological polar surface area (TPSA) is 52.6 Å². The van der Waals surface area contributed by atoms with Gasteiger partial charge in [-0.25, -0.2) is 22.0 Å². The summed E-state index contributed by atoms with van der Waals surface area (Å²) in [5.41, 5.74) is -1.23. The van der Waals surface area contributed by atoms with E-state index in [2.05, 4.69) is 6.92 Å². The number of ether oxygens (including phenoxy) is 2. The van der Waals surface area contributed by atoms with Gasteiger partial charge in [0.2, 0.25) is 5.82 Å². The van der Waals surface area contributed by atoms with Crippen molar-refractivity contribution in [2.24, 2.45) is 0 Å². The molecular formula is C19H23F5O4. The smallest absolute Gasteiger partial charge is 0.306 e. The predicted octanol–water partition coefficient (Wildman–Crippen LogP) is 5.28. The Morgan fingerprint density at radius 2 is 1.32 bits per heavy atom. The van der Waals surface area contributed by atoms with Gasteiger partial charge in [0.15, 0.2) is 23.3 Å². The lowest BCUT2D eigenvalue weighted by atomic mass is 10.1. The molecule has 0 aromatic heterocycles. The molecule has 0 saturated carbocycles. The highest BCUT2D eigenvalue weighted by Crippen LogP contribution is 2.29. The van der Waals surface area contributed by atoms with Crippen molar-refractivity contribution in [2.75, 3.05) is 6.61 Å². The van der Waals surface area contributed by atoms with Crippen LogP contribution in [0.4, 0.5) is 22.0 Å². The van der Waals surface area contributed by atoms with E-state index >= 15 is 0 Å². The predicted molar refractivity (Wildman–Crippen MR) is 89.7 cm³/mol. The Kier molecular flexibility index (Phi) is 9.89. The Labute approximate surface area is 160 Å². The highest BCUT2D eigenvalue weighted by molar-refractivity contribution is 5.72. The molecule has 0 saturated heterocycles. The number of hydrogen-bond acceptors (Lipinski definition) is 4. The molecule has 0 bridgehead atoms. The fourth-order valence-electron chi connectivity index (χ4n) is 2.46. The van der Waals surface area contributed by atoms with E-state index in [9.17, 15) is 31.5 Å². The van der Waals surface area contributed by atoms with E-state index in [0.717, 1.165) is 32.6 Å². The van der Waals surface area contributed by atoms with Crippen LogP contribution in [0.2, 0.25) is 0 Å².